The Balaban J connectivity index is 3.02. The van der Waals surface area contributed by atoms with Crippen LogP contribution in [0.3, 0.4) is 0 Å². The molecule has 1 heterocycles. The van der Waals surface area contributed by atoms with Crippen molar-refractivity contribution in [2.24, 2.45) is 5.92 Å². The van der Waals surface area contributed by atoms with Gasteiger partial charge in [0.15, 0.2) is 5.15 Å². The lowest BCUT2D eigenvalue weighted by molar-refractivity contribution is 0.0912. The highest BCUT2D eigenvalue weighted by Crippen LogP contribution is 2.20. The van der Waals surface area contributed by atoms with Crippen molar-refractivity contribution in [3.8, 4) is 0 Å². The zero-order chi connectivity index (χ0) is 9.30. The van der Waals surface area contributed by atoms with Crippen molar-refractivity contribution in [1.29, 1.82) is 0 Å². The number of nitrogens with zero attached hydrogens (tertiary/aromatic N) is 1. The summed E-state index contributed by atoms with van der Waals surface area (Å²) in [5.74, 6) is -0.316. The molecule has 1 aromatic rings. The molecule has 5 heteroatoms. The fourth-order valence-electron chi connectivity index (χ4n) is 0.731. The van der Waals surface area contributed by atoms with Crippen LogP contribution in [-0.2, 0) is 0 Å². The van der Waals surface area contributed by atoms with E-state index in [-0.39, 0.29) is 28.6 Å². The molecule has 2 N–H and O–H groups in total. The summed E-state index contributed by atoms with van der Waals surface area (Å²) in [5, 5.41) is 0.0335. The fraction of sp³-hybridized carbons (Fsp3) is 0.429. The number of carbonyl (C=O) groups is 1. The molecule has 0 saturated heterocycles. The zero-order valence-corrected chi connectivity index (χ0v) is 7.55. The van der Waals surface area contributed by atoms with Crippen LogP contribution >= 0.6 is 11.6 Å². The smallest absolute Gasteiger partial charge is 0.294 e. The molecule has 0 unspecified atom stereocenters. The third kappa shape index (κ3) is 1.58. The monoisotopic (exact) mass is 188 g/mol. The molecule has 0 spiro atoms. The topological polar surface area (TPSA) is 69.1 Å². The second-order valence-corrected chi connectivity index (χ2v) is 3.05. The van der Waals surface area contributed by atoms with Gasteiger partial charge >= 0.3 is 0 Å². The van der Waals surface area contributed by atoms with Gasteiger partial charge in [0.25, 0.3) is 6.01 Å². The fourth-order valence-corrected chi connectivity index (χ4v) is 0.946. The Morgan fingerprint density at radius 2 is 2.25 bits per heavy atom. The number of nitrogen functional groups attached to an aromatic ring is 1. The molecule has 0 saturated carbocycles. The number of Topliss-reactive ketones (excluding diaryl/α,β-unsaturated/α-hetero) is 1. The van der Waals surface area contributed by atoms with Gasteiger partial charge in [0, 0.05) is 5.92 Å². The average molecular weight is 189 g/mol. The molecule has 0 bridgehead atoms. The minimum atomic E-state index is -0.191. The third-order valence-corrected chi connectivity index (χ3v) is 1.61. The highest BCUT2D eigenvalue weighted by atomic mass is 35.5. The van der Waals surface area contributed by atoms with E-state index in [4.69, 9.17) is 21.8 Å². The quantitative estimate of drug-likeness (QED) is 0.718. The van der Waals surface area contributed by atoms with Crippen LogP contribution in [0.2, 0.25) is 5.15 Å². The lowest BCUT2D eigenvalue weighted by Gasteiger charge is -1.98. The summed E-state index contributed by atoms with van der Waals surface area (Å²) in [6.45, 7) is 3.49. The van der Waals surface area contributed by atoms with Gasteiger partial charge in [-0.2, -0.15) is 4.98 Å². The molecule has 66 valence electrons. The van der Waals surface area contributed by atoms with E-state index in [0.717, 1.165) is 0 Å². The Bertz CT molecular complexity index is 306. The Morgan fingerprint density at radius 3 is 2.58 bits per heavy atom. The predicted molar refractivity (Wildman–Crippen MR) is 45.1 cm³/mol. The summed E-state index contributed by atoms with van der Waals surface area (Å²) in [4.78, 5) is 14.9. The van der Waals surface area contributed by atoms with Gasteiger partial charge in [-0.3, -0.25) is 4.79 Å². The third-order valence-electron chi connectivity index (χ3n) is 1.35. The van der Waals surface area contributed by atoms with E-state index in [1.807, 2.05) is 0 Å². The van der Waals surface area contributed by atoms with Crippen LogP contribution < -0.4 is 5.73 Å². The summed E-state index contributed by atoms with van der Waals surface area (Å²) >= 11 is 5.58. The Kier molecular flexibility index (Phi) is 2.38. The molecular formula is C7H9ClN2O2. The van der Waals surface area contributed by atoms with Crippen molar-refractivity contribution >= 4 is 23.4 Å². The van der Waals surface area contributed by atoms with E-state index in [0.29, 0.717) is 0 Å². The molecule has 4 nitrogen and oxygen atoms in total. The van der Waals surface area contributed by atoms with Gasteiger partial charge < -0.3 is 10.2 Å². The number of aromatic nitrogens is 1. The van der Waals surface area contributed by atoms with E-state index in [1.54, 1.807) is 13.8 Å². The molecule has 1 aromatic heterocycles. The number of rotatable bonds is 2. The lowest BCUT2D eigenvalue weighted by Crippen LogP contribution is -2.06. The van der Waals surface area contributed by atoms with Crippen LogP contribution in [-0.4, -0.2) is 10.8 Å². The minimum absolute atomic E-state index is 0.0335. The first kappa shape index (κ1) is 9.06. The Hall–Kier alpha value is -1.03. The molecule has 0 atom stereocenters. The van der Waals surface area contributed by atoms with Crippen molar-refractivity contribution in [1.82, 2.24) is 4.98 Å². The lowest BCUT2D eigenvalue weighted by atomic mass is 10.1. The normalized spacial score (nSPS) is 10.7. The van der Waals surface area contributed by atoms with Gasteiger partial charge in [-0.1, -0.05) is 25.4 Å². The van der Waals surface area contributed by atoms with E-state index < -0.39 is 0 Å². The van der Waals surface area contributed by atoms with Crippen molar-refractivity contribution in [3.05, 3.63) is 10.9 Å². The van der Waals surface area contributed by atoms with E-state index in [9.17, 15) is 4.79 Å². The van der Waals surface area contributed by atoms with Crippen molar-refractivity contribution in [2.45, 2.75) is 13.8 Å². The van der Waals surface area contributed by atoms with Gasteiger partial charge in [-0.25, -0.2) is 0 Å². The molecule has 1 rings (SSSR count). The van der Waals surface area contributed by atoms with Crippen LogP contribution in [0, 0.1) is 5.92 Å². The minimum Gasteiger partial charge on any atom is -0.419 e. The second kappa shape index (κ2) is 3.15. The maximum atomic E-state index is 11.3. The van der Waals surface area contributed by atoms with Gasteiger partial charge in [-0.15, -0.1) is 0 Å². The van der Waals surface area contributed by atoms with Crippen LogP contribution in [0.15, 0.2) is 4.42 Å². The number of oxazole rings is 1. The van der Waals surface area contributed by atoms with Crippen LogP contribution in [0.1, 0.15) is 24.4 Å². The molecule has 0 radical (unpaired) electrons. The zero-order valence-electron chi connectivity index (χ0n) is 6.80. The number of ketones is 1. The number of anilines is 1. The molecular weight excluding hydrogens is 180 g/mol. The average Bonchev–Trinajstić information content (AvgIpc) is 2.28. The Labute approximate surface area is 74.7 Å². The molecule has 0 amide bonds. The number of nitrogens with two attached hydrogens (primary N) is 1. The van der Waals surface area contributed by atoms with E-state index in [1.165, 1.54) is 0 Å². The molecule has 0 aliphatic carbocycles. The van der Waals surface area contributed by atoms with E-state index >= 15 is 0 Å². The highest BCUT2D eigenvalue weighted by Gasteiger charge is 2.20. The molecule has 0 aliphatic heterocycles. The number of carbonyl (C=O) groups excluding carboxylic acids is 1. The van der Waals surface area contributed by atoms with Crippen LogP contribution in [0.25, 0.3) is 0 Å². The summed E-state index contributed by atoms with van der Waals surface area (Å²) < 4.78 is 4.82. The first-order valence-corrected chi connectivity index (χ1v) is 3.86. The molecule has 0 aliphatic rings. The van der Waals surface area contributed by atoms with Crippen LogP contribution in [0.5, 0.6) is 0 Å². The largest absolute Gasteiger partial charge is 0.419 e. The van der Waals surface area contributed by atoms with E-state index in [2.05, 4.69) is 4.98 Å². The highest BCUT2D eigenvalue weighted by molar-refractivity contribution is 6.32. The number of halogens is 1. The van der Waals surface area contributed by atoms with Crippen molar-refractivity contribution in [3.63, 3.8) is 0 Å². The second-order valence-electron chi connectivity index (χ2n) is 2.69. The predicted octanol–water partition coefficient (Wildman–Crippen LogP) is 1.75. The first-order valence-electron chi connectivity index (χ1n) is 3.48. The summed E-state index contributed by atoms with van der Waals surface area (Å²) in [6.07, 6.45) is 0. The SMILES string of the molecule is CC(C)C(=O)c1oc(N)nc1Cl. The van der Waals surface area contributed by atoms with Crippen LogP contribution in [0.4, 0.5) is 6.01 Å². The van der Waals surface area contributed by atoms with Gasteiger partial charge in [0.1, 0.15) is 0 Å². The van der Waals surface area contributed by atoms with Gasteiger partial charge in [-0.05, 0) is 0 Å². The first-order chi connectivity index (χ1) is 5.52. The van der Waals surface area contributed by atoms with Gasteiger partial charge in [0.2, 0.25) is 11.5 Å². The standard InChI is InChI=1S/C7H9ClN2O2/c1-3(2)4(11)5-6(8)10-7(9)12-5/h3H,1-2H3,(H2,9,10). The summed E-state index contributed by atoms with van der Waals surface area (Å²) in [6, 6.07) is -0.0796. The van der Waals surface area contributed by atoms with Gasteiger partial charge in [0.05, 0.1) is 0 Å². The molecule has 12 heavy (non-hydrogen) atoms. The van der Waals surface area contributed by atoms with Crippen molar-refractivity contribution < 1.29 is 9.21 Å². The summed E-state index contributed by atoms with van der Waals surface area (Å²) in [7, 11) is 0. The maximum Gasteiger partial charge on any atom is 0.294 e. The maximum absolute atomic E-state index is 11.3. The molecule has 0 aromatic carbocycles. The number of hydrogen-bond donors (Lipinski definition) is 1. The Morgan fingerprint density at radius 1 is 1.67 bits per heavy atom. The molecule has 0 fully saturated rings. The van der Waals surface area contributed by atoms with Crippen molar-refractivity contribution in [2.75, 3.05) is 5.73 Å². The number of hydrogen-bond acceptors (Lipinski definition) is 4. The summed E-state index contributed by atoms with van der Waals surface area (Å²) in [5.41, 5.74) is 5.20.